The average Bonchev–Trinajstić information content (AvgIpc) is 3.48. The zero-order valence-corrected chi connectivity index (χ0v) is 21.6. The Kier molecular flexibility index (Phi) is 7.21. The second-order valence-corrected chi connectivity index (χ2v) is 10.9. The molecule has 8 heteroatoms. The van der Waals surface area contributed by atoms with Crippen LogP contribution in [0.1, 0.15) is 59.3 Å². The number of rotatable bonds is 7. The monoisotopic (exact) mass is 496 g/mol. The molecule has 3 aromatic rings. The number of furan rings is 1. The zero-order valence-electron chi connectivity index (χ0n) is 20.8. The maximum atomic E-state index is 13.3. The van der Waals surface area contributed by atoms with Gasteiger partial charge >= 0.3 is 0 Å². The third-order valence-electron chi connectivity index (χ3n) is 6.53. The van der Waals surface area contributed by atoms with Crippen molar-refractivity contribution in [3.05, 3.63) is 57.9 Å². The molecule has 0 fully saturated rings. The first-order valence-electron chi connectivity index (χ1n) is 11.7. The summed E-state index contributed by atoms with van der Waals surface area (Å²) in [5.41, 5.74) is 2.63. The van der Waals surface area contributed by atoms with Crippen molar-refractivity contribution in [1.82, 2.24) is 5.32 Å². The molecule has 1 aliphatic carbocycles. The van der Waals surface area contributed by atoms with Crippen LogP contribution in [0.15, 0.2) is 39.9 Å². The number of aliphatic imine (C=N–C) groups is 1. The smallest absolute Gasteiger partial charge is 0.255 e. The number of aromatic hydroxyl groups is 1. The molecule has 0 aliphatic heterocycles. The lowest BCUT2D eigenvalue weighted by Gasteiger charge is -2.33. The van der Waals surface area contributed by atoms with Crippen LogP contribution in [0.2, 0.25) is 0 Å². The van der Waals surface area contributed by atoms with E-state index in [0.717, 1.165) is 24.8 Å². The summed E-state index contributed by atoms with van der Waals surface area (Å²) in [6.45, 7) is 7.14. The van der Waals surface area contributed by atoms with E-state index >= 15 is 0 Å². The lowest BCUT2D eigenvalue weighted by Crippen LogP contribution is -2.28. The highest BCUT2D eigenvalue weighted by Crippen LogP contribution is 2.45. The lowest BCUT2D eigenvalue weighted by atomic mass is 9.72. The molecule has 0 unspecified atom stereocenters. The van der Waals surface area contributed by atoms with Gasteiger partial charge in [0.05, 0.1) is 32.6 Å². The number of carbonyl (C=O) groups excluding carboxylic acids is 1. The molecule has 186 valence electrons. The van der Waals surface area contributed by atoms with Gasteiger partial charge in [0, 0.05) is 16.7 Å². The van der Waals surface area contributed by atoms with Crippen molar-refractivity contribution in [2.75, 3.05) is 14.2 Å². The van der Waals surface area contributed by atoms with Crippen molar-refractivity contribution in [2.24, 2.45) is 16.3 Å². The van der Waals surface area contributed by atoms with E-state index in [9.17, 15) is 9.90 Å². The summed E-state index contributed by atoms with van der Waals surface area (Å²) in [4.78, 5) is 19.3. The lowest BCUT2D eigenvalue weighted by molar-refractivity contribution is 0.0947. The number of nitrogens with zero attached hydrogens (tertiary/aromatic N) is 1. The predicted molar refractivity (Wildman–Crippen MR) is 138 cm³/mol. The van der Waals surface area contributed by atoms with Crippen LogP contribution in [0.25, 0.3) is 0 Å². The standard InChI is InChI=1S/C27H32N2O5S/c1-27(2,3)17-8-9-19-22(13-17)35-26(23(19)25(31)28-15-18-7-6-10-34-18)29-14-16-11-20(32-4)24(30)21(12-16)33-5/h6-7,10-12,14,17,30H,8-9,13,15H2,1-5H3,(H,28,31)/t17-/m1/s1. The summed E-state index contributed by atoms with van der Waals surface area (Å²) in [5, 5.41) is 13.9. The molecule has 0 saturated heterocycles. The Morgan fingerprint density at radius 1 is 1.29 bits per heavy atom. The van der Waals surface area contributed by atoms with E-state index in [-0.39, 0.29) is 17.1 Å². The van der Waals surface area contributed by atoms with Gasteiger partial charge in [-0.05, 0) is 60.4 Å². The highest BCUT2D eigenvalue weighted by atomic mass is 32.1. The van der Waals surface area contributed by atoms with Gasteiger partial charge in [0.2, 0.25) is 5.75 Å². The van der Waals surface area contributed by atoms with Gasteiger partial charge in [-0.2, -0.15) is 0 Å². The summed E-state index contributed by atoms with van der Waals surface area (Å²) in [6.07, 6.45) is 6.11. The largest absolute Gasteiger partial charge is 0.502 e. The molecule has 0 saturated carbocycles. The number of amides is 1. The third-order valence-corrected chi connectivity index (χ3v) is 7.70. The minimum absolute atomic E-state index is 0.0649. The van der Waals surface area contributed by atoms with E-state index in [4.69, 9.17) is 18.9 Å². The number of carbonyl (C=O) groups is 1. The minimum atomic E-state index is -0.152. The molecule has 1 aliphatic rings. The van der Waals surface area contributed by atoms with E-state index in [1.165, 1.54) is 19.1 Å². The summed E-state index contributed by atoms with van der Waals surface area (Å²) >= 11 is 1.58. The van der Waals surface area contributed by atoms with E-state index in [1.807, 2.05) is 6.07 Å². The number of thiophene rings is 1. The number of hydrogen-bond acceptors (Lipinski definition) is 7. The van der Waals surface area contributed by atoms with Crippen molar-refractivity contribution in [3.8, 4) is 17.2 Å². The maximum absolute atomic E-state index is 13.3. The maximum Gasteiger partial charge on any atom is 0.255 e. The number of fused-ring (bicyclic) bond motifs is 1. The van der Waals surface area contributed by atoms with Gasteiger partial charge in [0.1, 0.15) is 10.8 Å². The number of hydrogen-bond donors (Lipinski definition) is 2. The minimum Gasteiger partial charge on any atom is -0.502 e. The first-order chi connectivity index (χ1) is 16.7. The predicted octanol–water partition coefficient (Wildman–Crippen LogP) is 5.90. The molecule has 2 heterocycles. The molecule has 0 radical (unpaired) electrons. The van der Waals surface area contributed by atoms with Crippen LogP contribution in [-0.2, 0) is 19.4 Å². The average molecular weight is 497 g/mol. The molecular weight excluding hydrogens is 464 g/mol. The first kappa shape index (κ1) is 24.9. The van der Waals surface area contributed by atoms with Crippen molar-refractivity contribution >= 4 is 28.5 Å². The van der Waals surface area contributed by atoms with Crippen LogP contribution < -0.4 is 14.8 Å². The fourth-order valence-corrected chi connectivity index (χ4v) is 5.69. The second kappa shape index (κ2) is 10.2. The number of ether oxygens (including phenoxy) is 2. The number of nitrogens with one attached hydrogen (secondary N) is 1. The number of phenols is 1. The van der Waals surface area contributed by atoms with Crippen LogP contribution in [0.3, 0.4) is 0 Å². The Bertz CT molecular complexity index is 1200. The fourth-order valence-electron chi connectivity index (χ4n) is 4.43. The summed E-state index contributed by atoms with van der Waals surface area (Å²) in [7, 11) is 2.96. The van der Waals surface area contributed by atoms with E-state index < -0.39 is 0 Å². The fraction of sp³-hybridized carbons (Fsp3) is 0.407. The molecule has 1 amide bonds. The number of phenolic OH excluding ortho intramolecular Hbond substituents is 1. The Morgan fingerprint density at radius 3 is 2.60 bits per heavy atom. The zero-order chi connectivity index (χ0) is 25.2. The van der Waals surface area contributed by atoms with Gasteiger partial charge in [-0.15, -0.1) is 11.3 Å². The summed E-state index contributed by atoms with van der Waals surface area (Å²) in [6, 6.07) is 7.00. The van der Waals surface area contributed by atoms with Crippen LogP contribution in [0.4, 0.5) is 5.00 Å². The topological polar surface area (TPSA) is 93.3 Å². The summed E-state index contributed by atoms with van der Waals surface area (Å²) in [5.74, 6) is 1.62. The normalized spacial score (nSPS) is 15.7. The molecule has 35 heavy (non-hydrogen) atoms. The molecule has 1 atom stereocenters. The van der Waals surface area contributed by atoms with Crippen molar-refractivity contribution in [1.29, 1.82) is 0 Å². The van der Waals surface area contributed by atoms with Crippen molar-refractivity contribution in [2.45, 2.75) is 46.6 Å². The Hall–Kier alpha value is -3.26. The second-order valence-electron chi connectivity index (χ2n) is 9.78. The molecule has 0 spiro atoms. The van der Waals surface area contributed by atoms with Gasteiger partial charge in [0.25, 0.3) is 5.91 Å². The summed E-state index contributed by atoms with van der Waals surface area (Å²) < 4.78 is 15.9. The van der Waals surface area contributed by atoms with Gasteiger partial charge in [-0.25, -0.2) is 4.99 Å². The molecular formula is C27H32N2O5S. The molecule has 0 bridgehead atoms. The highest BCUT2D eigenvalue weighted by molar-refractivity contribution is 7.16. The van der Waals surface area contributed by atoms with Gasteiger partial charge in [-0.1, -0.05) is 20.8 Å². The van der Waals surface area contributed by atoms with E-state index in [0.29, 0.717) is 45.8 Å². The van der Waals surface area contributed by atoms with Crippen molar-refractivity contribution in [3.63, 3.8) is 0 Å². The van der Waals surface area contributed by atoms with Crippen LogP contribution in [0.5, 0.6) is 17.2 Å². The molecule has 2 N–H and O–H groups in total. The number of methoxy groups -OCH3 is 2. The molecule has 7 nitrogen and oxygen atoms in total. The van der Waals surface area contributed by atoms with Crippen molar-refractivity contribution < 1.29 is 23.8 Å². The van der Waals surface area contributed by atoms with Crippen LogP contribution in [-0.4, -0.2) is 31.4 Å². The van der Waals surface area contributed by atoms with Gasteiger partial charge < -0.3 is 24.3 Å². The quantitative estimate of drug-likeness (QED) is 0.398. The Morgan fingerprint density at radius 2 is 2.00 bits per heavy atom. The SMILES string of the molecule is COc1cc(C=Nc2sc3c(c2C(=O)NCc2ccco2)CC[C@@H](C(C)(C)C)C3)cc(OC)c1O. The molecule has 1 aromatic carbocycles. The molecule has 4 rings (SSSR count). The highest BCUT2D eigenvalue weighted by Gasteiger charge is 2.33. The number of benzene rings is 1. The van der Waals surface area contributed by atoms with Gasteiger partial charge in [-0.3, -0.25) is 4.79 Å². The third kappa shape index (κ3) is 5.37. The Balaban J connectivity index is 1.69. The molecule has 2 aromatic heterocycles. The van der Waals surface area contributed by atoms with E-state index in [2.05, 4.69) is 26.1 Å². The van der Waals surface area contributed by atoms with Crippen LogP contribution in [0, 0.1) is 11.3 Å². The van der Waals surface area contributed by atoms with E-state index in [1.54, 1.807) is 42.0 Å². The van der Waals surface area contributed by atoms with Crippen LogP contribution >= 0.6 is 11.3 Å². The first-order valence-corrected chi connectivity index (χ1v) is 12.5. The van der Waals surface area contributed by atoms with Gasteiger partial charge in [0.15, 0.2) is 11.5 Å². The Labute approximate surface area is 209 Å².